The lowest BCUT2D eigenvalue weighted by atomic mass is 10.0. The summed E-state index contributed by atoms with van der Waals surface area (Å²) < 4.78 is 0. The second-order valence-corrected chi connectivity index (χ2v) is 4.87. The highest BCUT2D eigenvalue weighted by atomic mass is 14.9. The number of H-pyrrole nitrogens is 1. The van der Waals surface area contributed by atoms with Crippen molar-refractivity contribution in [2.75, 3.05) is 0 Å². The highest BCUT2D eigenvalue weighted by Gasteiger charge is 2.10. The Morgan fingerprint density at radius 1 is 0.842 bits per heavy atom. The maximum Gasteiger partial charge on any atom is 0.0961 e. The third-order valence-electron chi connectivity index (χ3n) is 3.24. The molecule has 19 heavy (non-hydrogen) atoms. The number of hydrogen-bond acceptors (Lipinski definition) is 1. The summed E-state index contributed by atoms with van der Waals surface area (Å²) >= 11 is 0. The van der Waals surface area contributed by atoms with Crippen LogP contribution in [0, 0.1) is 13.8 Å². The van der Waals surface area contributed by atoms with E-state index < -0.39 is 0 Å². The zero-order valence-corrected chi connectivity index (χ0v) is 11.1. The molecule has 94 valence electrons. The molecule has 0 saturated heterocycles. The number of nitrogens with zero attached hydrogens (tertiary/aromatic N) is 1. The standard InChI is InChI=1S/C17H16N2/c1-12-5-3-7-14(9-12)16-17(19-11-18-16)15-8-4-6-13(2)10-15/h3-11H,1-2H3,(H,18,19). The third kappa shape index (κ3) is 2.29. The first-order chi connectivity index (χ1) is 9.24. The lowest BCUT2D eigenvalue weighted by molar-refractivity contribution is 1.31. The summed E-state index contributed by atoms with van der Waals surface area (Å²) in [4.78, 5) is 7.73. The fourth-order valence-corrected chi connectivity index (χ4v) is 2.33. The van der Waals surface area contributed by atoms with E-state index >= 15 is 0 Å². The molecule has 0 aliphatic carbocycles. The van der Waals surface area contributed by atoms with Crippen molar-refractivity contribution in [3.05, 3.63) is 66.0 Å². The van der Waals surface area contributed by atoms with Gasteiger partial charge in [-0.2, -0.15) is 0 Å². The first-order valence-corrected chi connectivity index (χ1v) is 6.41. The number of hydrogen-bond donors (Lipinski definition) is 1. The molecule has 1 heterocycles. The molecule has 2 nitrogen and oxygen atoms in total. The van der Waals surface area contributed by atoms with Gasteiger partial charge in [-0.3, -0.25) is 0 Å². The van der Waals surface area contributed by atoms with Crippen LogP contribution in [0.3, 0.4) is 0 Å². The van der Waals surface area contributed by atoms with Gasteiger partial charge in [-0.05, 0) is 26.0 Å². The predicted molar refractivity (Wildman–Crippen MR) is 78.9 cm³/mol. The van der Waals surface area contributed by atoms with Crippen LogP contribution in [0.15, 0.2) is 54.9 Å². The summed E-state index contributed by atoms with van der Waals surface area (Å²) in [6, 6.07) is 16.9. The number of imidazole rings is 1. The second kappa shape index (κ2) is 4.73. The molecular formula is C17H16N2. The number of benzene rings is 2. The molecule has 3 aromatic rings. The van der Waals surface area contributed by atoms with E-state index in [9.17, 15) is 0 Å². The molecule has 0 unspecified atom stereocenters. The van der Waals surface area contributed by atoms with Crippen molar-refractivity contribution in [3.8, 4) is 22.5 Å². The van der Waals surface area contributed by atoms with Crippen molar-refractivity contribution in [3.63, 3.8) is 0 Å². The summed E-state index contributed by atoms with van der Waals surface area (Å²) in [6.45, 7) is 4.20. The van der Waals surface area contributed by atoms with Gasteiger partial charge < -0.3 is 4.98 Å². The smallest absolute Gasteiger partial charge is 0.0961 e. The third-order valence-corrected chi connectivity index (χ3v) is 3.24. The summed E-state index contributed by atoms with van der Waals surface area (Å²) in [5, 5.41) is 0. The van der Waals surface area contributed by atoms with Crippen molar-refractivity contribution in [2.24, 2.45) is 0 Å². The van der Waals surface area contributed by atoms with Crippen LogP contribution in [0.5, 0.6) is 0 Å². The Morgan fingerprint density at radius 2 is 1.47 bits per heavy atom. The van der Waals surface area contributed by atoms with E-state index in [1.165, 1.54) is 16.7 Å². The predicted octanol–water partition coefficient (Wildman–Crippen LogP) is 4.36. The number of aromatic amines is 1. The van der Waals surface area contributed by atoms with Gasteiger partial charge in [0.05, 0.1) is 17.7 Å². The largest absolute Gasteiger partial charge is 0.344 e. The van der Waals surface area contributed by atoms with Gasteiger partial charge in [-0.15, -0.1) is 0 Å². The van der Waals surface area contributed by atoms with Gasteiger partial charge in [-0.25, -0.2) is 4.98 Å². The normalized spacial score (nSPS) is 10.6. The average molecular weight is 248 g/mol. The van der Waals surface area contributed by atoms with E-state index in [4.69, 9.17) is 0 Å². The van der Waals surface area contributed by atoms with E-state index in [-0.39, 0.29) is 0 Å². The minimum Gasteiger partial charge on any atom is -0.344 e. The van der Waals surface area contributed by atoms with Gasteiger partial charge in [0, 0.05) is 11.1 Å². The maximum absolute atomic E-state index is 4.48. The molecule has 0 saturated carbocycles. The van der Waals surface area contributed by atoms with E-state index in [0.29, 0.717) is 0 Å². The van der Waals surface area contributed by atoms with E-state index in [1.54, 1.807) is 6.33 Å². The molecule has 0 radical (unpaired) electrons. The molecular weight excluding hydrogens is 232 g/mol. The fourth-order valence-electron chi connectivity index (χ4n) is 2.33. The Bertz CT molecular complexity index is 651. The molecule has 1 N–H and O–H groups in total. The maximum atomic E-state index is 4.48. The summed E-state index contributed by atoms with van der Waals surface area (Å²) in [5.74, 6) is 0. The highest BCUT2D eigenvalue weighted by Crippen LogP contribution is 2.29. The molecule has 1 aromatic heterocycles. The first kappa shape index (κ1) is 11.7. The zero-order chi connectivity index (χ0) is 13.2. The van der Waals surface area contributed by atoms with Crippen LogP contribution in [0.2, 0.25) is 0 Å². The lowest BCUT2D eigenvalue weighted by Gasteiger charge is -2.05. The van der Waals surface area contributed by atoms with Gasteiger partial charge in [0.1, 0.15) is 0 Å². The molecule has 0 spiro atoms. The van der Waals surface area contributed by atoms with Gasteiger partial charge in [0.2, 0.25) is 0 Å². The van der Waals surface area contributed by atoms with Gasteiger partial charge in [0.15, 0.2) is 0 Å². The van der Waals surface area contributed by atoms with Gasteiger partial charge in [0.25, 0.3) is 0 Å². The Morgan fingerprint density at radius 3 is 2.16 bits per heavy atom. The van der Waals surface area contributed by atoms with Crippen LogP contribution < -0.4 is 0 Å². The molecule has 0 aliphatic rings. The molecule has 0 aliphatic heterocycles. The number of rotatable bonds is 2. The minimum absolute atomic E-state index is 1.01. The van der Waals surface area contributed by atoms with Crippen LogP contribution in [-0.2, 0) is 0 Å². The van der Waals surface area contributed by atoms with Crippen LogP contribution in [0.1, 0.15) is 11.1 Å². The quantitative estimate of drug-likeness (QED) is 0.717. The Kier molecular flexibility index (Phi) is 2.92. The SMILES string of the molecule is Cc1cccc(-c2nc[nH]c2-c2cccc(C)c2)c1. The van der Waals surface area contributed by atoms with Crippen LogP contribution in [0.4, 0.5) is 0 Å². The van der Waals surface area contributed by atoms with Gasteiger partial charge in [-0.1, -0.05) is 47.5 Å². The van der Waals surface area contributed by atoms with Crippen LogP contribution in [-0.4, -0.2) is 9.97 Å². The van der Waals surface area contributed by atoms with Crippen molar-refractivity contribution in [1.29, 1.82) is 0 Å². The van der Waals surface area contributed by atoms with E-state index in [2.05, 4.69) is 72.3 Å². The molecule has 2 aromatic carbocycles. The lowest BCUT2D eigenvalue weighted by Crippen LogP contribution is -1.85. The Labute approximate surface area is 113 Å². The van der Waals surface area contributed by atoms with Crippen LogP contribution in [0.25, 0.3) is 22.5 Å². The molecule has 2 heteroatoms. The average Bonchev–Trinajstić information content (AvgIpc) is 2.88. The zero-order valence-electron chi connectivity index (χ0n) is 11.1. The monoisotopic (exact) mass is 248 g/mol. The van der Waals surface area contributed by atoms with Crippen LogP contribution >= 0.6 is 0 Å². The topological polar surface area (TPSA) is 28.7 Å². The van der Waals surface area contributed by atoms with Crippen molar-refractivity contribution in [1.82, 2.24) is 9.97 Å². The Hall–Kier alpha value is -2.35. The molecule has 0 amide bonds. The van der Waals surface area contributed by atoms with Gasteiger partial charge >= 0.3 is 0 Å². The summed E-state index contributed by atoms with van der Waals surface area (Å²) in [7, 11) is 0. The molecule has 0 atom stereocenters. The first-order valence-electron chi connectivity index (χ1n) is 6.41. The number of aromatic nitrogens is 2. The molecule has 0 bridgehead atoms. The van der Waals surface area contributed by atoms with E-state index in [1.807, 2.05) is 0 Å². The second-order valence-electron chi connectivity index (χ2n) is 4.87. The van der Waals surface area contributed by atoms with Crippen molar-refractivity contribution >= 4 is 0 Å². The summed E-state index contributed by atoms with van der Waals surface area (Å²) in [6.07, 6.45) is 1.76. The number of nitrogens with one attached hydrogen (secondary N) is 1. The summed E-state index contributed by atoms with van der Waals surface area (Å²) in [5.41, 5.74) is 6.91. The van der Waals surface area contributed by atoms with Crippen molar-refractivity contribution in [2.45, 2.75) is 13.8 Å². The fraction of sp³-hybridized carbons (Fsp3) is 0.118. The molecule has 3 rings (SSSR count). The van der Waals surface area contributed by atoms with Crippen molar-refractivity contribution < 1.29 is 0 Å². The molecule has 0 fully saturated rings. The van der Waals surface area contributed by atoms with E-state index in [0.717, 1.165) is 17.0 Å². The highest BCUT2D eigenvalue weighted by molar-refractivity contribution is 5.78. The minimum atomic E-state index is 1.01. The number of aryl methyl sites for hydroxylation is 2. The Balaban J connectivity index is 2.13.